The van der Waals surface area contributed by atoms with Crippen molar-refractivity contribution in [1.29, 1.82) is 0 Å². The first-order valence-corrected chi connectivity index (χ1v) is 9.18. The predicted octanol–water partition coefficient (Wildman–Crippen LogP) is 2.70. The Hall–Kier alpha value is -2.60. The minimum absolute atomic E-state index is 0.0315. The highest BCUT2D eigenvalue weighted by molar-refractivity contribution is 6.23. The van der Waals surface area contributed by atoms with Gasteiger partial charge in [0, 0.05) is 24.7 Å². The standard InChI is InChI=1S/C19H20ClN5O/c1-2-8-25-18(26)15-9-16(22-17(15)23-19(25)20)14-10-21-24(12-14)11-13-6-4-3-5-7-13/h3-7,10,12,19,23H,2,8-9,11H2,1H3. The van der Waals surface area contributed by atoms with Crippen LogP contribution in [0.4, 0.5) is 0 Å². The molecule has 7 heteroatoms. The van der Waals surface area contributed by atoms with Gasteiger partial charge in [-0.3, -0.25) is 9.48 Å². The van der Waals surface area contributed by atoms with Gasteiger partial charge in [0.1, 0.15) is 5.82 Å². The first-order valence-electron chi connectivity index (χ1n) is 8.74. The van der Waals surface area contributed by atoms with E-state index in [4.69, 9.17) is 11.6 Å². The second-order valence-electron chi connectivity index (χ2n) is 6.45. The highest BCUT2D eigenvalue weighted by Gasteiger charge is 2.36. The van der Waals surface area contributed by atoms with Gasteiger partial charge in [-0.05, 0) is 12.0 Å². The van der Waals surface area contributed by atoms with E-state index in [0.717, 1.165) is 17.7 Å². The number of aromatic nitrogens is 2. The molecule has 1 atom stereocenters. The van der Waals surface area contributed by atoms with Crippen LogP contribution in [-0.2, 0) is 11.3 Å². The number of hydrogen-bond donors (Lipinski definition) is 1. The van der Waals surface area contributed by atoms with Crippen molar-refractivity contribution in [3.63, 3.8) is 0 Å². The van der Waals surface area contributed by atoms with Gasteiger partial charge < -0.3 is 10.2 Å². The Morgan fingerprint density at radius 3 is 2.88 bits per heavy atom. The number of nitrogens with one attached hydrogen (secondary N) is 1. The van der Waals surface area contributed by atoms with Crippen LogP contribution in [0.15, 0.2) is 59.1 Å². The Bertz CT molecular complexity index is 886. The smallest absolute Gasteiger partial charge is 0.256 e. The fraction of sp³-hybridized carbons (Fsp3) is 0.316. The molecule has 1 N–H and O–H groups in total. The maximum absolute atomic E-state index is 12.7. The Morgan fingerprint density at radius 1 is 1.31 bits per heavy atom. The van der Waals surface area contributed by atoms with E-state index in [9.17, 15) is 4.79 Å². The van der Waals surface area contributed by atoms with Crippen molar-refractivity contribution >= 4 is 23.2 Å². The zero-order chi connectivity index (χ0) is 18.1. The zero-order valence-corrected chi connectivity index (χ0v) is 15.3. The number of amides is 1. The second-order valence-corrected chi connectivity index (χ2v) is 6.87. The molecule has 2 aliphatic rings. The van der Waals surface area contributed by atoms with Crippen LogP contribution in [0.25, 0.3) is 0 Å². The van der Waals surface area contributed by atoms with E-state index in [2.05, 4.69) is 27.5 Å². The summed E-state index contributed by atoms with van der Waals surface area (Å²) in [5.74, 6) is 0.559. The molecule has 3 heterocycles. The molecule has 1 amide bonds. The van der Waals surface area contributed by atoms with Crippen molar-refractivity contribution in [1.82, 2.24) is 20.0 Å². The van der Waals surface area contributed by atoms with Gasteiger partial charge in [0.2, 0.25) is 0 Å². The van der Waals surface area contributed by atoms with E-state index in [1.807, 2.05) is 36.0 Å². The summed E-state index contributed by atoms with van der Waals surface area (Å²) in [7, 11) is 0. The summed E-state index contributed by atoms with van der Waals surface area (Å²) >= 11 is 6.29. The average Bonchev–Trinajstić information content (AvgIpc) is 3.26. The van der Waals surface area contributed by atoms with Crippen molar-refractivity contribution < 1.29 is 4.79 Å². The molecule has 0 spiro atoms. The maximum Gasteiger partial charge on any atom is 0.256 e. The summed E-state index contributed by atoms with van der Waals surface area (Å²) < 4.78 is 1.88. The monoisotopic (exact) mass is 369 g/mol. The van der Waals surface area contributed by atoms with Crippen LogP contribution in [0.2, 0.25) is 0 Å². The van der Waals surface area contributed by atoms with Crippen LogP contribution in [0.3, 0.4) is 0 Å². The highest BCUT2D eigenvalue weighted by Crippen LogP contribution is 2.29. The topological polar surface area (TPSA) is 62.5 Å². The third kappa shape index (κ3) is 3.12. The van der Waals surface area contributed by atoms with Crippen LogP contribution >= 0.6 is 11.6 Å². The Morgan fingerprint density at radius 2 is 2.12 bits per heavy atom. The lowest BCUT2D eigenvalue weighted by molar-refractivity contribution is -0.129. The fourth-order valence-electron chi connectivity index (χ4n) is 3.25. The van der Waals surface area contributed by atoms with Gasteiger partial charge in [-0.15, -0.1) is 0 Å². The molecular weight excluding hydrogens is 350 g/mol. The molecule has 2 aliphatic heterocycles. The average molecular weight is 370 g/mol. The lowest BCUT2D eigenvalue weighted by atomic mass is 10.1. The summed E-state index contributed by atoms with van der Waals surface area (Å²) in [6.45, 7) is 3.35. The molecule has 0 saturated heterocycles. The van der Waals surface area contributed by atoms with E-state index >= 15 is 0 Å². The van der Waals surface area contributed by atoms with Gasteiger partial charge in [-0.1, -0.05) is 48.9 Å². The number of aliphatic imine (C=N–C) groups is 1. The summed E-state index contributed by atoms with van der Waals surface area (Å²) in [4.78, 5) is 18.9. The lowest BCUT2D eigenvalue weighted by Gasteiger charge is -2.32. The normalized spacial score (nSPS) is 19.5. The number of alkyl halides is 1. The third-order valence-electron chi connectivity index (χ3n) is 4.54. The van der Waals surface area contributed by atoms with E-state index in [1.54, 1.807) is 11.1 Å². The quantitative estimate of drug-likeness (QED) is 0.651. The van der Waals surface area contributed by atoms with Crippen LogP contribution in [-0.4, -0.2) is 38.5 Å². The van der Waals surface area contributed by atoms with Crippen LogP contribution in [0.5, 0.6) is 0 Å². The number of benzene rings is 1. The largest absolute Gasteiger partial charge is 0.337 e. The van der Waals surface area contributed by atoms with Crippen molar-refractivity contribution in [3.8, 4) is 0 Å². The first kappa shape index (κ1) is 16.8. The second kappa shape index (κ2) is 6.96. The Labute approximate surface area is 157 Å². The van der Waals surface area contributed by atoms with Crippen molar-refractivity contribution in [3.05, 3.63) is 65.2 Å². The summed E-state index contributed by atoms with van der Waals surface area (Å²) in [5.41, 5.74) is 3.09. The highest BCUT2D eigenvalue weighted by atomic mass is 35.5. The van der Waals surface area contributed by atoms with Gasteiger partial charge in [0.15, 0.2) is 5.62 Å². The third-order valence-corrected chi connectivity index (χ3v) is 4.89. The van der Waals surface area contributed by atoms with Gasteiger partial charge in [-0.2, -0.15) is 5.10 Å². The Kier molecular flexibility index (Phi) is 4.51. The van der Waals surface area contributed by atoms with Crippen LogP contribution in [0.1, 0.15) is 30.9 Å². The SMILES string of the molecule is CCCN1C(=O)C2=C(N=C(c3cnn(Cc4ccccc4)c3)C2)NC1Cl. The fourth-order valence-corrected chi connectivity index (χ4v) is 3.54. The number of rotatable bonds is 5. The molecule has 0 aliphatic carbocycles. The summed E-state index contributed by atoms with van der Waals surface area (Å²) in [6, 6.07) is 10.2. The van der Waals surface area contributed by atoms with Crippen LogP contribution < -0.4 is 5.32 Å². The Balaban J connectivity index is 1.50. The minimum Gasteiger partial charge on any atom is -0.337 e. The lowest BCUT2D eigenvalue weighted by Crippen LogP contribution is -2.49. The molecule has 1 aromatic carbocycles. The molecule has 0 radical (unpaired) electrons. The van der Waals surface area contributed by atoms with Crippen molar-refractivity contribution in [2.45, 2.75) is 31.9 Å². The molecule has 26 heavy (non-hydrogen) atoms. The number of carbonyl (C=O) groups excluding carboxylic acids is 1. The van der Waals surface area contributed by atoms with Gasteiger partial charge in [0.05, 0.1) is 24.0 Å². The maximum atomic E-state index is 12.7. The molecule has 2 aromatic rings. The predicted molar refractivity (Wildman–Crippen MR) is 101 cm³/mol. The van der Waals surface area contributed by atoms with E-state index in [-0.39, 0.29) is 5.91 Å². The summed E-state index contributed by atoms with van der Waals surface area (Å²) in [5, 5.41) is 7.55. The number of hydrogen-bond acceptors (Lipinski definition) is 4. The number of halogens is 1. The number of carbonyl (C=O) groups is 1. The van der Waals surface area contributed by atoms with E-state index < -0.39 is 5.62 Å². The minimum atomic E-state index is -0.551. The first-order chi connectivity index (χ1) is 12.7. The van der Waals surface area contributed by atoms with Crippen molar-refractivity contribution in [2.75, 3.05) is 6.54 Å². The molecule has 1 unspecified atom stereocenters. The van der Waals surface area contributed by atoms with Gasteiger partial charge in [-0.25, -0.2) is 4.99 Å². The molecule has 1 aromatic heterocycles. The molecule has 6 nitrogen and oxygen atoms in total. The molecule has 0 saturated carbocycles. The number of nitrogens with zero attached hydrogens (tertiary/aromatic N) is 4. The molecule has 134 valence electrons. The van der Waals surface area contributed by atoms with Crippen LogP contribution in [0, 0.1) is 0 Å². The van der Waals surface area contributed by atoms with Gasteiger partial charge in [0.25, 0.3) is 5.91 Å². The molecule has 4 rings (SSSR count). The summed E-state index contributed by atoms with van der Waals surface area (Å²) in [6.07, 6.45) is 5.13. The zero-order valence-electron chi connectivity index (χ0n) is 14.5. The van der Waals surface area contributed by atoms with E-state index in [0.29, 0.717) is 30.9 Å². The molecule has 0 bridgehead atoms. The van der Waals surface area contributed by atoms with Crippen molar-refractivity contribution in [2.24, 2.45) is 4.99 Å². The van der Waals surface area contributed by atoms with E-state index in [1.165, 1.54) is 5.56 Å². The molecular formula is C19H20ClN5O. The molecule has 0 fully saturated rings. The van der Waals surface area contributed by atoms with Gasteiger partial charge >= 0.3 is 0 Å².